The summed E-state index contributed by atoms with van der Waals surface area (Å²) < 4.78 is 9.70. The lowest BCUT2D eigenvalue weighted by Gasteiger charge is -2.14. The molecule has 0 N–H and O–H groups in total. The Balaban J connectivity index is 4.62. The average molecular weight is 228 g/mol. The molecule has 92 valence electrons. The van der Waals surface area contributed by atoms with E-state index in [2.05, 4.69) is 0 Å². The van der Waals surface area contributed by atoms with Gasteiger partial charge in [-0.25, -0.2) is 0 Å². The summed E-state index contributed by atoms with van der Waals surface area (Å²) in [6, 6.07) is 0. The minimum atomic E-state index is -0.837. The summed E-state index contributed by atoms with van der Waals surface area (Å²) in [5, 5.41) is 0. The number of esters is 2. The predicted octanol–water partition coefficient (Wildman–Crippen LogP) is 2.09. The molecule has 0 aromatic rings. The van der Waals surface area contributed by atoms with Gasteiger partial charge in [-0.1, -0.05) is 11.6 Å². The molecule has 0 bridgehead atoms. The maximum atomic E-state index is 11.6. The molecule has 0 unspecified atom stereocenters. The van der Waals surface area contributed by atoms with Gasteiger partial charge in [0.2, 0.25) is 0 Å². The molecule has 0 spiro atoms. The van der Waals surface area contributed by atoms with E-state index in [9.17, 15) is 9.59 Å². The maximum Gasteiger partial charge on any atom is 0.320 e. The summed E-state index contributed by atoms with van der Waals surface area (Å²) in [5.74, 6) is -1.86. The molecule has 0 aliphatic heterocycles. The van der Waals surface area contributed by atoms with Crippen LogP contribution in [0, 0.1) is 5.92 Å². The molecule has 0 heterocycles. The first-order chi connectivity index (χ1) is 7.56. The van der Waals surface area contributed by atoms with Crippen molar-refractivity contribution in [2.75, 3.05) is 13.2 Å². The molecule has 0 atom stereocenters. The van der Waals surface area contributed by atoms with Crippen molar-refractivity contribution in [3.63, 3.8) is 0 Å². The van der Waals surface area contributed by atoms with Crippen LogP contribution in [0.2, 0.25) is 0 Å². The fraction of sp³-hybridized carbons (Fsp3) is 0.667. The Bertz CT molecular complexity index is 250. The molecule has 0 aliphatic carbocycles. The molecule has 0 fully saturated rings. The van der Waals surface area contributed by atoms with Gasteiger partial charge in [0.15, 0.2) is 5.92 Å². The number of carbonyl (C=O) groups excluding carboxylic acids is 2. The number of ether oxygens (including phenoxy) is 2. The first kappa shape index (κ1) is 14.7. The third kappa shape index (κ3) is 4.96. The Hall–Kier alpha value is -1.32. The highest BCUT2D eigenvalue weighted by molar-refractivity contribution is 5.95. The number of allylic oxidation sites excluding steroid dienone is 2. The van der Waals surface area contributed by atoms with E-state index < -0.39 is 17.9 Å². The molecule has 0 aromatic heterocycles. The van der Waals surface area contributed by atoms with Gasteiger partial charge in [0.25, 0.3) is 0 Å². The highest BCUT2D eigenvalue weighted by atomic mass is 16.6. The van der Waals surface area contributed by atoms with Crippen LogP contribution >= 0.6 is 0 Å². The Morgan fingerprint density at radius 3 is 1.88 bits per heavy atom. The second-order valence-electron chi connectivity index (χ2n) is 3.40. The summed E-state index contributed by atoms with van der Waals surface area (Å²) in [6.45, 7) is 7.69. The largest absolute Gasteiger partial charge is 0.465 e. The van der Waals surface area contributed by atoms with Gasteiger partial charge in [-0.05, 0) is 34.1 Å². The third-order valence-electron chi connectivity index (χ3n) is 2.16. The second-order valence-corrected chi connectivity index (χ2v) is 3.40. The highest BCUT2D eigenvalue weighted by Crippen LogP contribution is 2.15. The van der Waals surface area contributed by atoms with Crippen molar-refractivity contribution in [3.05, 3.63) is 11.6 Å². The lowest BCUT2D eigenvalue weighted by atomic mass is 10.0. The molecule has 0 rings (SSSR count). The fourth-order valence-corrected chi connectivity index (χ4v) is 1.19. The van der Waals surface area contributed by atoms with Crippen LogP contribution in [0.4, 0.5) is 0 Å². The summed E-state index contributed by atoms with van der Waals surface area (Å²) in [7, 11) is 0. The van der Waals surface area contributed by atoms with Crippen LogP contribution in [0.1, 0.15) is 34.1 Å². The van der Waals surface area contributed by atoms with Crippen LogP contribution in [0.15, 0.2) is 11.6 Å². The van der Waals surface area contributed by atoms with E-state index in [0.29, 0.717) is 6.42 Å². The lowest BCUT2D eigenvalue weighted by Crippen LogP contribution is -2.28. The average Bonchev–Trinajstić information content (AvgIpc) is 2.25. The van der Waals surface area contributed by atoms with Gasteiger partial charge in [-0.3, -0.25) is 9.59 Å². The van der Waals surface area contributed by atoms with Crippen molar-refractivity contribution in [1.82, 2.24) is 0 Å². The Kier molecular flexibility index (Phi) is 7.25. The number of carbonyl (C=O) groups is 2. The van der Waals surface area contributed by atoms with Crippen molar-refractivity contribution in [1.29, 1.82) is 0 Å². The number of hydrogen-bond acceptors (Lipinski definition) is 4. The van der Waals surface area contributed by atoms with E-state index in [1.54, 1.807) is 13.8 Å². The van der Waals surface area contributed by atoms with Gasteiger partial charge in [0, 0.05) is 0 Å². The Morgan fingerprint density at radius 1 is 1.12 bits per heavy atom. The van der Waals surface area contributed by atoms with E-state index in [1.807, 2.05) is 19.9 Å². The normalized spacial score (nSPS) is 11.4. The Morgan fingerprint density at radius 2 is 1.56 bits per heavy atom. The van der Waals surface area contributed by atoms with Crippen LogP contribution in [0.3, 0.4) is 0 Å². The Labute approximate surface area is 96.6 Å². The van der Waals surface area contributed by atoms with E-state index in [1.165, 1.54) is 0 Å². The van der Waals surface area contributed by atoms with Gasteiger partial charge < -0.3 is 9.47 Å². The van der Waals surface area contributed by atoms with Crippen LogP contribution in [0.25, 0.3) is 0 Å². The number of hydrogen-bond donors (Lipinski definition) is 0. The molecular formula is C12H20O4. The topological polar surface area (TPSA) is 52.6 Å². The maximum absolute atomic E-state index is 11.6. The van der Waals surface area contributed by atoms with E-state index in [4.69, 9.17) is 9.47 Å². The summed E-state index contributed by atoms with van der Waals surface area (Å²) in [6.07, 6.45) is 2.22. The van der Waals surface area contributed by atoms with Crippen LogP contribution in [-0.2, 0) is 19.1 Å². The van der Waals surface area contributed by atoms with Crippen LogP contribution in [-0.4, -0.2) is 25.2 Å². The quantitative estimate of drug-likeness (QED) is 0.397. The molecule has 16 heavy (non-hydrogen) atoms. The van der Waals surface area contributed by atoms with Crippen molar-refractivity contribution in [2.24, 2.45) is 5.92 Å². The van der Waals surface area contributed by atoms with Crippen molar-refractivity contribution < 1.29 is 19.1 Å². The smallest absolute Gasteiger partial charge is 0.320 e. The van der Waals surface area contributed by atoms with Gasteiger partial charge in [0.1, 0.15) is 0 Å². The zero-order valence-electron chi connectivity index (χ0n) is 10.4. The molecule has 0 radical (unpaired) electrons. The van der Waals surface area contributed by atoms with Crippen molar-refractivity contribution in [2.45, 2.75) is 34.1 Å². The first-order valence-corrected chi connectivity index (χ1v) is 5.51. The van der Waals surface area contributed by atoms with E-state index in [-0.39, 0.29) is 13.2 Å². The monoisotopic (exact) mass is 228 g/mol. The molecule has 0 saturated heterocycles. The summed E-state index contributed by atoms with van der Waals surface area (Å²) >= 11 is 0. The molecule has 0 aliphatic rings. The zero-order chi connectivity index (χ0) is 12.6. The predicted molar refractivity (Wildman–Crippen MR) is 60.8 cm³/mol. The lowest BCUT2D eigenvalue weighted by molar-refractivity contribution is -0.161. The highest BCUT2D eigenvalue weighted by Gasteiger charge is 2.29. The molecule has 4 nitrogen and oxygen atoms in total. The number of rotatable bonds is 6. The molecule has 0 amide bonds. The minimum Gasteiger partial charge on any atom is -0.465 e. The molecule has 0 aromatic carbocycles. The van der Waals surface area contributed by atoms with E-state index >= 15 is 0 Å². The van der Waals surface area contributed by atoms with Gasteiger partial charge in [-0.2, -0.15) is 0 Å². The van der Waals surface area contributed by atoms with Gasteiger partial charge >= 0.3 is 11.9 Å². The zero-order valence-corrected chi connectivity index (χ0v) is 10.4. The van der Waals surface area contributed by atoms with Crippen LogP contribution < -0.4 is 0 Å². The van der Waals surface area contributed by atoms with Crippen molar-refractivity contribution in [3.8, 4) is 0 Å². The minimum absolute atomic E-state index is 0.267. The third-order valence-corrected chi connectivity index (χ3v) is 2.16. The van der Waals surface area contributed by atoms with Crippen LogP contribution in [0.5, 0.6) is 0 Å². The molecule has 0 saturated carbocycles. The molecule has 4 heteroatoms. The molecular weight excluding hydrogens is 208 g/mol. The first-order valence-electron chi connectivity index (χ1n) is 5.51. The summed E-state index contributed by atoms with van der Waals surface area (Å²) in [5.41, 5.74) is 0.964. The van der Waals surface area contributed by atoms with Gasteiger partial charge in [0.05, 0.1) is 13.2 Å². The summed E-state index contributed by atoms with van der Waals surface area (Å²) in [4.78, 5) is 23.1. The SMILES string of the molecule is CC=C(C)CC(C(=O)OCC)C(=O)OCC. The second kappa shape index (κ2) is 7.91. The van der Waals surface area contributed by atoms with E-state index in [0.717, 1.165) is 5.57 Å². The fourth-order valence-electron chi connectivity index (χ4n) is 1.19. The van der Waals surface area contributed by atoms with Crippen molar-refractivity contribution >= 4 is 11.9 Å². The van der Waals surface area contributed by atoms with Gasteiger partial charge in [-0.15, -0.1) is 0 Å². The standard InChI is InChI=1S/C12H20O4/c1-5-9(4)8-10(11(13)15-6-2)12(14)16-7-3/h5,10H,6-8H2,1-4H3.